The van der Waals surface area contributed by atoms with Crippen molar-refractivity contribution in [3.05, 3.63) is 21.3 Å². The second-order valence-corrected chi connectivity index (χ2v) is 7.56. The zero-order valence-electron chi connectivity index (χ0n) is 12.1. The number of thiophene rings is 1. The van der Waals surface area contributed by atoms with Crippen molar-refractivity contribution in [3.63, 3.8) is 0 Å². The Hall–Kier alpha value is -0.0500. The summed E-state index contributed by atoms with van der Waals surface area (Å²) in [5.74, 6) is 1.83. The second kappa shape index (κ2) is 7.66. The molecule has 19 heavy (non-hydrogen) atoms. The SMILES string of the molecule is CCNC(Cc1ccc(Cl)s1)C1CCC(CC)CC1. The van der Waals surface area contributed by atoms with Gasteiger partial charge in [-0.25, -0.2) is 0 Å². The van der Waals surface area contributed by atoms with E-state index in [2.05, 4.69) is 25.2 Å². The molecular weight excluding hydrogens is 274 g/mol. The molecule has 1 aromatic heterocycles. The highest BCUT2D eigenvalue weighted by Crippen LogP contribution is 2.34. The van der Waals surface area contributed by atoms with E-state index in [0.717, 1.165) is 29.1 Å². The topological polar surface area (TPSA) is 12.0 Å². The Morgan fingerprint density at radius 2 is 2.00 bits per heavy atom. The number of hydrogen-bond acceptors (Lipinski definition) is 2. The molecule has 1 aromatic rings. The summed E-state index contributed by atoms with van der Waals surface area (Å²) in [5.41, 5.74) is 0. The Morgan fingerprint density at radius 1 is 1.26 bits per heavy atom. The highest BCUT2D eigenvalue weighted by Gasteiger charge is 2.26. The predicted molar refractivity (Wildman–Crippen MR) is 86.2 cm³/mol. The first-order valence-corrected chi connectivity index (χ1v) is 8.90. The van der Waals surface area contributed by atoms with Crippen molar-refractivity contribution in [1.29, 1.82) is 0 Å². The van der Waals surface area contributed by atoms with Gasteiger partial charge in [-0.2, -0.15) is 0 Å². The maximum absolute atomic E-state index is 6.04. The lowest BCUT2D eigenvalue weighted by Gasteiger charge is -2.34. The molecule has 1 fully saturated rings. The minimum Gasteiger partial charge on any atom is -0.314 e. The van der Waals surface area contributed by atoms with Crippen molar-refractivity contribution in [2.24, 2.45) is 11.8 Å². The lowest BCUT2D eigenvalue weighted by molar-refractivity contribution is 0.218. The van der Waals surface area contributed by atoms with Crippen LogP contribution in [0.4, 0.5) is 0 Å². The number of nitrogens with one attached hydrogen (secondary N) is 1. The maximum atomic E-state index is 6.04. The lowest BCUT2D eigenvalue weighted by Crippen LogP contribution is -2.39. The first-order valence-electron chi connectivity index (χ1n) is 7.70. The maximum Gasteiger partial charge on any atom is 0.0931 e. The Labute approximate surface area is 126 Å². The summed E-state index contributed by atoms with van der Waals surface area (Å²) in [4.78, 5) is 1.42. The van der Waals surface area contributed by atoms with Gasteiger partial charge in [-0.3, -0.25) is 0 Å². The van der Waals surface area contributed by atoms with Crippen LogP contribution in [0, 0.1) is 11.8 Å². The van der Waals surface area contributed by atoms with Gasteiger partial charge < -0.3 is 5.32 Å². The average Bonchev–Trinajstić information content (AvgIpc) is 2.84. The van der Waals surface area contributed by atoms with Crippen LogP contribution < -0.4 is 5.32 Å². The van der Waals surface area contributed by atoms with E-state index in [1.165, 1.54) is 37.0 Å². The Balaban J connectivity index is 1.92. The quantitative estimate of drug-likeness (QED) is 0.767. The molecule has 2 rings (SSSR count). The van der Waals surface area contributed by atoms with Gasteiger partial charge in [0.25, 0.3) is 0 Å². The molecule has 0 aromatic carbocycles. The zero-order valence-corrected chi connectivity index (χ0v) is 13.7. The van der Waals surface area contributed by atoms with Crippen LogP contribution in [0.5, 0.6) is 0 Å². The van der Waals surface area contributed by atoms with E-state index in [-0.39, 0.29) is 0 Å². The van der Waals surface area contributed by atoms with Gasteiger partial charge in [-0.15, -0.1) is 11.3 Å². The van der Waals surface area contributed by atoms with Gasteiger partial charge in [0.2, 0.25) is 0 Å². The third kappa shape index (κ3) is 4.47. The molecule has 108 valence electrons. The fourth-order valence-electron chi connectivity index (χ4n) is 3.34. The third-order valence-corrected chi connectivity index (χ3v) is 5.81. The van der Waals surface area contributed by atoms with Gasteiger partial charge in [0.05, 0.1) is 4.34 Å². The molecule has 1 N–H and O–H groups in total. The van der Waals surface area contributed by atoms with Crippen LogP contribution in [0.1, 0.15) is 50.8 Å². The van der Waals surface area contributed by atoms with Crippen molar-refractivity contribution in [1.82, 2.24) is 5.32 Å². The molecule has 1 unspecified atom stereocenters. The first kappa shape index (κ1) is 15.3. The molecule has 0 spiro atoms. The van der Waals surface area contributed by atoms with E-state index in [1.807, 2.05) is 6.07 Å². The minimum absolute atomic E-state index is 0.637. The van der Waals surface area contributed by atoms with E-state index in [4.69, 9.17) is 11.6 Å². The first-order chi connectivity index (χ1) is 9.22. The Kier molecular flexibility index (Phi) is 6.18. The molecule has 3 heteroatoms. The summed E-state index contributed by atoms with van der Waals surface area (Å²) in [5, 5.41) is 3.71. The molecular formula is C16H26ClNS. The van der Waals surface area contributed by atoms with E-state index < -0.39 is 0 Å². The summed E-state index contributed by atoms with van der Waals surface area (Å²) in [7, 11) is 0. The average molecular weight is 300 g/mol. The van der Waals surface area contributed by atoms with Gasteiger partial charge in [-0.05, 0) is 49.8 Å². The predicted octanol–water partition coefficient (Wildman–Crippen LogP) is 5.14. The highest BCUT2D eigenvalue weighted by molar-refractivity contribution is 7.16. The van der Waals surface area contributed by atoms with Crippen molar-refractivity contribution >= 4 is 22.9 Å². The fourth-order valence-corrected chi connectivity index (χ4v) is 4.49. The number of rotatable bonds is 6. The number of hydrogen-bond donors (Lipinski definition) is 1. The highest BCUT2D eigenvalue weighted by atomic mass is 35.5. The normalized spacial score (nSPS) is 25.4. The van der Waals surface area contributed by atoms with Crippen LogP contribution in [-0.4, -0.2) is 12.6 Å². The van der Waals surface area contributed by atoms with Crippen LogP contribution >= 0.6 is 22.9 Å². The fraction of sp³-hybridized carbons (Fsp3) is 0.750. The molecule has 0 aliphatic heterocycles. The molecule has 1 atom stereocenters. The molecule has 1 heterocycles. The number of halogens is 1. The molecule has 0 radical (unpaired) electrons. The van der Waals surface area contributed by atoms with Crippen LogP contribution in [0.3, 0.4) is 0 Å². The van der Waals surface area contributed by atoms with Crippen molar-refractivity contribution in [2.75, 3.05) is 6.54 Å². The van der Waals surface area contributed by atoms with Crippen LogP contribution in [0.15, 0.2) is 12.1 Å². The lowest BCUT2D eigenvalue weighted by atomic mass is 9.77. The molecule has 0 amide bonds. The summed E-state index contributed by atoms with van der Waals surface area (Å²) < 4.78 is 0.917. The van der Waals surface area contributed by atoms with Crippen molar-refractivity contribution in [3.8, 4) is 0 Å². The van der Waals surface area contributed by atoms with Crippen LogP contribution in [0.2, 0.25) is 4.34 Å². The van der Waals surface area contributed by atoms with E-state index in [0.29, 0.717) is 6.04 Å². The minimum atomic E-state index is 0.637. The van der Waals surface area contributed by atoms with Crippen molar-refractivity contribution in [2.45, 2.75) is 58.4 Å². The molecule has 1 nitrogen and oxygen atoms in total. The van der Waals surface area contributed by atoms with E-state index >= 15 is 0 Å². The Morgan fingerprint density at radius 3 is 2.53 bits per heavy atom. The molecule has 1 aliphatic rings. The smallest absolute Gasteiger partial charge is 0.0931 e. The Bertz CT molecular complexity index is 369. The van der Waals surface area contributed by atoms with E-state index in [9.17, 15) is 0 Å². The molecule has 0 bridgehead atoms. The van der Waals surface area contributed by atoms with Gasteiger partial charge in [0.15, 0.2) is 0 Å². The molecule has 1 saturated carbocycles. The van der Waals surface area contributed by atoms with Crippen LogP contribution in [-0.2, 0) is 6.42 Å². The molecule has 0 saturated heterocycles. The second-order valence-electron chi connectivity index (χ2n) is 5.76. The van der Waals surface area contributed by atoms with Gasteiger partial charge in [0.1, 0.15) is 0 Å². The van der Waals surface area contributed by atoms with Gasteiger partial charge in [-0.1, -0.05) is 44.7 Å². The number of likely N-dealkylation sites (N-methyl/N-ethyl adjacent to an activating group) is 1. The van der Waals surface area contributed by atoms with E-state index in [1.54, 1.807) is 11.3 Å². The zero-order chi connectivity index (χ0) is 13.7. The largest absolute Gasteiger partial charge is 0.314 e. The summed E-state index contributed by atoms with van der Waals surface area (Å²) in [6.07, 6.45) is 8.15. The van der Waals surface area contributed by atoms with Gasteiger partial charge in [0, 0.05) is 10.9 Å². The summed E-state index contributed by atoms with van der Waals surface area (Å²) in [6.45, 7) is 5.62. The van der Waals surface area contributed by atoms with Crippen molar-refractivity contribution < 1.29 is 0 Å². The summed E-state index contributed by atoms with van der Waals surface area (Å²) in [6, 6.07) is 4.85. The third-order valence-electron chi connectivity index (χ3n) is 4.55. The molecule has 1 aliphatic carbocycles. The summed E-state index contributed by atoms with van der Waals surface area (Å²) >= 11 is 7.78. The van der Waals surface area contributed by atoms with Crippen LogP contribution in [0.25, 0.3) is 0 Å². The monoisotopic (exact) mass is 299 g/mol. The standard InChI is InChI=1S/C16H26ClNS/c1-3-12-5-7-13(8-6-12)15(18-4-2)11-14-9-10-16(17)19-14/h9-10,12-13,15,18H,3-8,11H2,1-2H3. The van der Waals surface area contributed by atoms with Gasteiger partial charge >= 0.3 is 0 Å².